The molecule has 2 rings (SSSR count). The molecule has 0 amide bonds. The highest BCUT2D eigenvalue weighted by Crippen LogP contribution is 2.31. The Labute approximate surface area is 112 Å². The Balaban J connectivity index is 2.59. The van der Waals surface area contributed by atoms with Gasteiger partial charge in [0.2, 0.25) is 0 Å². The maximum atomic E-state index is 13.7. The van der Waals surface area contributed by atoms with Gasteiger partial charge in [0.15, 0.2) is 0 Å². The van der Waals surface area contributed by atoms with Crippen molar-refractivity contribution in [1.29, 1.82) is 5.26 Å². The molecule has 0 atom stereocenters. The van der Waals surface area contributed by atoms with Gasteiger partial charge in [0.05, 0.1) is 5.69 Å². The Morgan fingerprint density at radius 3 is 2.42 bits per heavy atom. The molecule has 0 aliphatic rings. The van der Waals surface area contributed by atoms with Crippen molar-refractivity contribution >= 4 is 11.4 Å². The molecular formula is C16H15FN2. The maximum absolute atomic E-state index is 13.7. The van der Waals surface area contributed by atoms with Gasteiger partial charge >= 0.3 is 0 Å². The first-order valence-electron chi connectivity index (χ1n) is 6.20. The average Bonchev–Trinajstić information content (AvgIpc) is 2.42. The van der Waals surface area contributed by atoms with E-state index >= 15 is 0 Å². The molecule has 0 heterocycles. The average molecular weight is 254 g/mol. The molecule has 0 bridgehead atoms. The molecule has 2 aromatic rings. The van der Waals surface area contributed by atoms with Gasteiger partial charge < -0.3 is 4.90 Å². The molecule has 2 nitrogen and oxygen atoms in total. The first kappa shape index (κ1) is 13.1. The molecule has 3 heteroatoms. The van der Waals surface area contributed by atoms with Crippen molar-refractivity contribution in [3.8, 4) is 6.07 Å². The molecular weight excluding hydrogens is 239 g/mol. The van der Waals surface area contributed by atoms with Crippen LogP contribution in [0.5, 0.6) is 0 Å². The van der Waals surface area contributed by atoms with Crippen LogP contribution in [0.25, 0.3) is 0 Å². The lowest BCUT2D eigenvalue weighted by molar-refractivity contribution is 0.623. The molecule has 0 N–H and O–H groups in total. The zero-order valence-electron chi connectivity index (χ0n) is 11.0. The van der Waals surface area contributed by atoms with Crippen LogP contribution in [0.2, 0.25) is 0 Å². The molecule has 2 aromatic carbocycles. The predicted octanol–water partition coefficient (Wildman–Crippen LogP) is 4.16. The number of hydrogen-bond donors (Lipinski definition) is 0. The fourth-order valence-corrected chi connectivity index (χ4v) is 2.19. The number of para-hydroxylation sites is 1. The third kappa shape index (κ3) is 2.43. The lowest BCUT2D eigenvalue weighted by Gasteiger charge is -2.26. The summed E-state index contributed by atoms with van der Waals surface area (Å²) in [6.45, 7) is 4.66. The fourth-order valence-electron chi connectivity index (χ4n) is 2.19. The Kier molecular flexibility index (Phi) is 3.82. The minimum absolute atomic E-state index is 0.0904. The zero-order valence-corrected chi connectivity index (χ0v) is 11.0. The van der Waals surface area contributed by atoms with Gasteiger partial charge in [0, 0.05) is 12.2 Å². The number of rotatable bonds is 3. The summed E-state index contributed by atoms with van der Waals surface area (Å²) < 4.78 is 13.7. The molecule has 0 aliphatic carbocycles. The zero-order chi connectivity index (χ0) is 13.8. The predicted molar refractivity (Wildman–Crippen MR) is 75.0 cm³/mol. The highest BCUT2D eigenvalue weighted by Gasteiger charge is 2.15. The quantitative estimate of drug-likeness (QED) is 0.822. The summed E-state index contributed by atoms with van der Waals surface area (Å²) in [6, 6.07) is 14.6. The van der Waals surface area contributed by atoms with Crippen molar-refractivity contribution in [2.24, 2.45) is 0 Å². The summed E-state index contributed by atoms with van der Waals surface area (Å²) in [5.41, 5.74) is 2.79. The van der Waals surface area contributed by atoms with Crippen molar-refractivity contribution in [1.82, 2.24) is 0 Å². The van der Waals surface area contributed by atoms with E-state index in [1.165, 1.54) is 6.07 Å². The minimum atomic E-state index is -0.480. The molecule has 0 fully saturated rings. The summed E-state index contributed by atoms with van der Waals surface area (Å²) in [6.07, 6.45) is 0. The Bertz CT molecular complexity index is 629. The van der Waals surface area contributed by atoms with Crippen LogP contribution in [0.3, 0.4) is 0 Å². The van der Waals surface area contributed by atoms with Gasteiger partial charge in [-0.25, -0.2) is 4.39 Å². The van der Waals surface area contributed by atoms with Crippen LogP contribution in [0, 0.1) is 24.1 Å². The normalized spacial score (nSPS) is 10.0. The van der Waals surface area contributed by atoms with Crippen molar-refractivity contribution in [2.45, 2.75) is 13.8 Å². The van der Waals surface area contributed by atoms with Crippen LogP contribution in [0.4, 0.5) is 15.8 Å². The molecule has 0 aliphatic heterocycles. The largest absolute Gasteiger partial charge is 0.340 e. The summed E-state index contributed by atoms with van der Waals surface area (Å²) in [5, 5.41) is 9.14. The topological polar surface area (TPSA) is 27.0 Å². The van der Waals surface area contributed by atoms with E-state index in [0.29, 0.717) is 12.2 Å². The Hall–Kier alpha value is -2.34. The van der Waals surface area contributed by atoms with Crippen molar-refractivity contribution in [3.63, 3.8) is 0 Å². The monoisotopic (exact) mass is 254 g/mol. The van der Waals surface area contributed by atoms with Gasteiger partial charge in [-0.15, -0.1) is 0 Å². The summed E-state index contributed by atoms with van der Waals surface area (Å²) in [7, 11) is 0. The minimum Gasteiger partial charge on any atom is -0.340 e. The summed E-state index contributed by atoms with van der Waals surface area (Å²) >= 11 is 0. The van der Waals surface area contributed by atoms with Gasteiger partial charge in [0.25, 0.3) is 0 Å². The molecule has 96 valence electrons. The summed E-state index contributed by atoms with van der Waals surface area (Å²) in [5.74, 6) is -0.480. The SMILES string of the molecule is CCN(c1ccccc1C)c1cccc(F)c1C#N. The first-order valence-corrected chi connectivity index (χ1v) is 6.20. The molecule has 0 saturated carbocycles. The number of hydrogen-bond acceptors (Lipinski definition) is 2. The number of halogens is 1. The molecule has 0 saturated heterocycles. The van der Waals surface area contributed by atoms with E-state index in [4.69, 9.17) is 5.26 Å². The van der Waals surface area contributed by atoms with Crippen LogP contribution < -0.4 is 4.90 Å². The standard InChI is InChI=1S/C16H15FN2/c1-3-19(15-9-5-4-7-12(15)2)16-10-6-8-14(17)13(16)11-18/h4-10H,3H2,1-2H3. The fraction of sp³-hybridized carbons (Fsp3) is 0.188. The number of benzene rings is 2. The van der Waals surface area contributed by atoms with Crippen molar-refractivity contribution in [2.75, 3.05) is 11.4 Å². The molecule has 0 spiro atoms. The van der Waals surface area contributed by atoms with E-state index in [2.05, 4.69) is 0 Å². The molecule has 0 unspecified atom stereocenters. The van der Waals surface area contributed by atoms with Gasteiger partial charge in [-0.05, 0) is 37.6 Å². The van der Waals surface area contributed by atoms with E-state index < -0.39 is 5.82 Å². The lowest BCUT2D eigenvalue weighted by atomic mass is 10.1. The third-order valence-corrected chi connectivity index (χ3v) is 3.12. The van der Waals surface area contributed by atoms with E-state index in [9.17, 15) is 4.39 Å². The van der Waals surface area contributed by atoms with Gasteiger partial charge in [-0.2, -0.15) is 5.26 Å². The number of nitrogens with zero attached hydrogens (tertiary/aromatic N) is 2. The Morgan fingerprint density at radius 2 is 1.79 bits per heavy atom. The maximum Gasteiger partial charge on any atom is 0.143 e. The van der Waals surface area contributed by atoms with Crippen molar-refractivity contribution in [3.05, 3.63) is 59.4 Å². The third-order valence-electron chi connectivity index (χ3n) is 3.12. The highest BCUT2D eigenvalue weighted by molar-refractivity contribution is 5.71. The van der Waals surface area contributed by atoms with Crippen molar-refractivity contribution < 1.29 is 4.39 Å². The van der Waals surface area contributed by atoms with E-state index in [0.717, 1.165) is 11.3 Å². The van der Waals surface area contributed by atoms with E-state index in [1.54, 1.807) is 12.1 Å². The van der Waals surface area contributed by atoms with Crippen LogP contribution >= 0.6 is 0 Å². The van der Waals surface area contributed by atoms with Crippen LogP contribution in [-0.4, -0.2) is 6.54 Å². The first-order chi connectivity index (χ1) is 9.19. The highest BCUT2D eigenvalue weighted by atomic mass is 19.1. The molecule has 19 heavy (non-hydrogen) atoms. The number of nitriles is 1. The van der Waals surface area contributed by atoms with Gasteiger partial charge in [-0.3, -0.25) is 0 Å². The van der Waals surface area contributed by atoms with Gasteiger partial charge in [0.1, 0.15) is 17.4 Å². The number of aryl methyl sites for hydroxylation is 1. The second kappa shape index (κ2) is 5.53. The van der Waals surface area contributed by atoms with E-state index in [1.807, 2.05) is 49.1 Å². The van der Waals surface area contributed by atoms with Crippen LogP contribution in [-0.2, 0) is 0 Å². The number of anilines is 2. The van der Waals surface area contributed by atoms with Crippen LogP contribution in [0.1, 0.15) is 18.1 Å². The van der Waals surface area contributed by atoms with Crippen LogP contribution in [0.15, 0.2) is 42.5 Å². The summed E-state index contributed by atoms with van der Waals surface area (Å²) in [4.78, 5) is 1.96. The smallest absolute Gasteiger partial charge is 0.143 e. The Morgan fingerprint density at radius 1 is 1.11 bits per heavy atom. The molecule has 0 radical (unpaired) electrons. The van der Waals surface area contributed by atoms with E-state index in [-0.39, 0.29) is 5.56 Å². The second-order valence-electron chi connectivity index (χ2n) is 4.28. The lowest BCUT2D eigenvalue weighted by Crippen LogP contribution is -2.18. The van der Waals surface area contributed by atoms with Gasteiger partial charge in [-0.1, -0.05) is 24.3 Å². The molecule has 0 aromatic heterocycles. The second-order valence-corrected chi connectivity index (χ2v) is 4.28.